The molecule has 2 rings (SSSR count). The van der Waals surface area contributed by atoms with E-state index in [1.165, 1.54) is 6.08 Å². The Balaban J connectivity index is 2.33. The van der Waals surface area contributed by atoms with Crippen LogP contribution in [0.3, 0.4) is 0 Å². The van der Waals surface area contributed by atoms with E-state index in [0.717, 1.165) is 11.8 Å². The van der Waals surface area contributed by atoms with Crippen LogP contribution < -0.4 is 10.2 Å². The topological polar surface area (TPSA) is 69.6 Å². The van der Waals surface area contributed by atoms with Gasteiger partial charge in [-0.15, -0.1) is 0 Å². The van der Waals surface area contributed by atoms with Crippen molar-refractivity contribution in [3.63, 3.8) is 0 Å². The van der Waals surface area contributed by atoms with Crippen LogP contribution in [0.2, 0.25) is 0 Å². The highest BCUT2D eigenvalue weighted by atomic mass is 16.4. The number of para-hydroxylation sites is 1. The summed E-state index contributed by atoms with van der Waals surface area (Å²) in [5, 5.41) is 11.3. The Morgan fingerprint density at radius 1 is 1.41 bits per heavy atom. The van der Waals surface area contributed by atoms with Crippen molar-refractivity contribution < 1.29 is 14.7 Å². The summed E-state index contributed by atoms with van der Waals surface area (Å²) in [4.78, 5) is 23.6. The number of aliphatic carboxylic acids is 1. The molecule has 1 aliphatic rings. The van der Waals surface area contributed by atoms with Gasteiger partial charge in [0.15, 0.2) is 0 Å². The second kappa shape index (κ2) is 4.69. The Labute approximate surface area is 98.4 Å². The maximum atomic E-state index is 11.5. The molecular weight excluding hydrogens is 220 g/mol. The molecule has 88 valence electrons. The van der Waals surface area contributed by atoms with Gasteiger partial charge in [0.25, 0.3) is 0 Å². The normalized spacial score (nSPS) is 15.3. The Morgan fingerprint density at radius 3 is 2.82 bits per heavy atom. The summed E-state index contributed by atoms with van der Waals surface area (Å²) >= 11 is 0. The minimum Gasteiger partial charge on any atom is -0.478 e. The van der Waals surface area contributed by atoms with Crippen LogP contribution in [0.15, 0.2) is 30.3 Å². The first-order valence-corrected chi connectivity index (χ1v) is 5.24. The van der Waals surface area contributed by atoms with Crippen molar-refractivity contribution in [2.75, 3.05) is 18.0 Å². The van der Waals surface area contributed by atoms with Crippen molar-refractivity contribution in [3.05, 3.63) is 35.9 Å². The van der Waals surface area contributed by atoms with Crippen molar-refractivity contribution in [2.45, 2.75) is 0 Å². The molecule has 1 saturated heterocycles. The van der Waals surface area contributed by atoms with Crippen LogP contribution in [0.4, 0.5) is 10.5 Å². The molecule has 17 heavy (non-hydrogen) atoms. The van der Waals surface area contributed by atoms with Crippen LogP contribution in [0, 0.1) is 0 Å². The predicted octanol–water partition coefficient (Wildman–Crippen LogP) is 1.31. The second-order valence-corrected chi connectivity index (χ2v) is 3.61. The smallest absolute Gasteiger partial charge is 0.328 e. The summed E-state index contributed by atoms with van der Waals surface area (Å²) in [7, 11) is 0. The van der Waals surface area contributed by atoms with Gasteiger partial charge in [0.1, 0.15) is 0 Å². The molecule has 2 amide bonds. The van der Waals surface area contributed by atoms with Crippen LogP contribution in [0.25, 0.3) is 6.08 Å². The molecule has 1 heterocycles. The largest absolute Gasteiger partial charge is 0.478 e. The van der Waals surface area contributed by atoms with E-state index < -0.39 is 5.97 Å². The number of rotatable bonds is 3. The number of hydrogen-bond donors (Lipinski definition) is 2. The van der Waals surface area contributed by atoms with Gasteiger partial charge in [0.2, 0.25) is 0 Å². The van der Waals surface area contributed by atoms with Gasteiger partial charge >= 0.3 is 12.0 Å². The summed E-state index contributed by atoms with van der Waals surface area (Å²) in [6, 6.07) is 7.05. The van der Waals surface area contributed by atoms with Crippen molar-refractivity contribution in [1.82, 2.24) is 5.32 Å². The highest BCUT2D eigenvalue weighted by Crippen LogP contribution is 2.23. The van der Waals surface area contributed by atoms with Gasteiger partial charge < -0.3 is 10.4 Å². The molecule has 1 aliphatic heterocycles. The Bertz CT molecular complexity index is 482. The number of nitrogens with zero attached hydrogens (tertiary/aromatic N) is 1. The molecule has 1 aromatic carbocycles. The third kappa shape index (κ3) is 2.44. The summed E-state index contributed by atoms with van der Waals surface area (Å²) in [5.41, 5.74) is 1.44. The lowest BCUT2D eigenvalue weighted by molar-refractivity contribution is -0.131. The molecule has 0 saturated carbocycles. The molecule has 2 N–H and O–H groups in total. The van der Waals surface area contributed by atoms with Crippen molar-refractivity contribution >= 4 is 23.8 Å². The number of amides is 2. The van der Waals surface area contributed by atoms with Gasteiger partial charge in [-0.2, -0.15) is 0 Å². The minimum atomic E-state index is -1.01. The lowest BCUT2D eigenvalue weighted by atomic mass is 10.1. The molecular formula is C12H12N2O3. The third-order valence-electron chi connectivity index (χ3n) is 2.49. The molecule has 5 nitrogen and oxygen atoms in total. The number of anilines is 1. The SMILES string of the molecule is O=C(O)/C=C/c1ccccc1N1CCNC1=O. The molecule has 0 atom stereocenters. The first kappa shape index (κ1) is 11.2. The van der Waals surface area contributed by atoms with Gasteiger partial charge in [-0.3, -0.25) is 4.90 Å². The fraction of sp³-hybridized carbons (Fsp3) is 0.167. The first-order valence-electron chi connectivity index (χ1n) is 5.24. The zero-order valence-electron chi connectivity index (χ0n) is 9.09. The number of benzene rings is 1. The second-order valence-electron chi connectivity index (χ2n) is 3.61. The van der Waals surface area contributed by atoms with Gasteiger partial charge in [-0.25, -0.2) is 9.59 Å². The molecule has 0 aromatic heterocycles. The van der Waals surface area contributed by atoms with E-state index in [9.17, 15) is 9.59 Å². The zero-order valence-corrected chi connectivity index (χ0v) is 9.09. The molecule has 5 heteroatoms. The van der Waals surface area contributed by atoms with E-state index in [2.05, 4.69) is 5.32 Å². The minimum absolute atomic E-state index is 0.152. The van der Waals surface area contributed by atoms with Crippen molar-refractivity contribution in [1.29, 1.82) is 0 Å². The fourth-order valence-electron chi connectivity index (χ4n) is 1.74. The maximum absolute atomic E-state index is 11.5. The molecule has 1 aromatic rings. The van der Waals surface area contributed by atoms with Crippen LogP contribution in [0.5, 0.6) is 0 Å². The van der Waals surface area contributed by atoms with Gasteiger partial charge in [-0.05, 0) is 17.7 Å². The van der Waals surface area contributed by atoms with Gasteiger partial charge in [0, 0.05) is 19.2 Å². The third-order valence-corrected chi connectivity index (χ3v) is 2.49. The number of carbonyl (C=O) groups excluding carboxylic acids is 1. The average molecular weight is 232 g/mol. The quantitative estimate of drug-likeness (QED) is 0.772. The monoisotopic (exact) mass is 232 g/mol. The number of hydrogen-bond acceptors (Lipinski definition) is 2. The molecule has 1 fully saturated rings. The van der Waals surface area contributed by atoms with Crippen LogP contribution >= 0.6 is 0 Å². The van der Waals surface area contributed by atoms with E-state index >= 15 is 0 Å². The van der Waals surface area contributed by atoms with E-state index in [-0.39, 0.29) is 6.03 Å². The zero-order chi connectivity index (χ0) is 12.3. The molecule has 0 bridgehead atoms. The standard InChI is InChI=1S/C12H12N2O3/c15-11(16)6-5-9-3-1-2-4-10(9)14-8-7-13-12(14)17/h1-6H,7-8H2,(H,13,17)(H,15,16)/b6-5+. The Hall–Kier alpha value is -2.30. The fourth-order valence-corrected chi connectivity index (χ4v) is 1.74. The average Bonchev–Trinajstić information content (AvgIpc) is 2.73. The summed E-state index contributed by atoms with van der Waals surface area (Å²) in [5.74, 6) is -1.01. The lowest BCUT2D eigenvalue weighted by Crippen LogP contribution is -2.28. The Morgan fingerprint density at radius 2 is 2.18 bits per heavy atom. The van der Waals surface area contributed by atoms with E-state index in [1.54, 1.807) is 23.1 Å². The lowest BCUT2D eigenvalue weighted by Gasteiger charge is -2.16. The summed E-state index contributed by atoms with van der Waals surface area (Å²) in [6.07, 6.45) is 2.55. The first-order chi connectivity index (χ1) is 8.18. The van der Waals surface area contributed by atoms with E-state index in [0.29, 0.717) is 18.7 Å². The molecule has 0 aliphatic carbocycles. The van der Waals surface area contributed by atoms with Crippen LogP contribution in [0.1, 0.15) is 5.56 Å². The van der Waals surface area contributed by atoms with Crippen molar-refractivity contribution in [2.24, 2.45) is 0 Å². The van der Waals surface area contributed by atoms with Crippen LogP contribution in [-0.4, -0.2) is 30.2 Å². The molecule has 0 spiro atoms. The maximum Gasteiger partial charge on any atom is 0.328 e. The number of nitrogens with one attached hydrogen (secondary N) is 1. The van der Waals surface area contributed by atoms with Gasteiger partial charge in [0.05, 0.1) is 5.69 Å². The number of carboxylic acid groups (broad SMARTS) is 1. The number of urea groups is 1. The van der Waals surface area contributed by atoms with Crippen molar-refractivity contribution in [3.8, 4) is 0 Å². The summed E-state index contributed by atoms with van der Waals surface area (Å²) < 4.78 is 0. The summed E-state index contributed by atoms with van der Waals surface area (Å²) in [6.45, 7) is 1.20. The number of carbonyl (C=O) groups is 2. The highest BCUT2D eigenvalue weighted by Gasteiger charge is 2.22. The number of carboxylic acids is 1. The van der Waals surface area contributed by atoms with Gasteiger partial charge in [-0.1, -0.05) is 18.2 Å². The molecule has 0 unspecified atom stereocenters. The van der Waals surface area contributed by atoms with E-state index in [4.69, 9.17) is 5.11 Å². The van der Waals surface area contributed by atoms with Crippen LogP contribution in [-0.2, 0) is 4.79 Å². The van der Waals surface area contributed by atoms with E-state index in [1.807, 2.05) is 6.07 Å². The Kier molecular flexibility index (Phi) is 3.09. The predicted molar refractivity (Wildman–Crippen MR) is 63.9 cm³/mol. The highest BCUT2D eigenvalue weighted by molar-refractivity contribution is 5.97. The molecule has 0 radical (unpaired) electrons.